The van der Waals surface area contributed by atoms with E-state index < -0.39 is 26.3 Å². The molecule has 158 valence electrons. The summed E-state index contributed by atoms with van der Waals surface area (Å²) in [6.45, 7) is 8.42. The molecule has 0 unspecified atom stereocenters. The van der Waals surface area contributed by atoms with Crippen LogP contribution < -0.4 is 0 Å². The quantitative estimate of drug-likeness (QED) is 0.597. The van der Waals surface area contributed by atoms with Gasteiger partial charge in [0.25, 0.3) is 0 Å². The van der Waals surface area contributed by atoms with Crippen LogP contribution in [0.2, 0.25) is 0 Å². The number of hydrogen-bond donors (Lipinski definition) is 0. The SMILES string of the molecule is Cc1cc(C(=O)Cc2ccc(C(F)(F)F)cc2)c(C)cc1CS(=O)(=O)C(C)(C)C. The van der Waals surface area contributed by atoms with Crippen molar-refractivity contribution in [2.24, 2.45) is 0 Å². The molecule has 7 heteroatoms. The highest BCUT2D eigenvalue weighted by atomic mass is 32.2. The first-order valence-corrected chi connectivity index (χ1v) is 10.8. The molecule has 0 saturated heterocycles. The number of Topliss-reactive ketones (excluding diaryl/α,β-unsaturated/α-hetero) is 1. The fourth-order valence-corrected chi connectivity index (χ4v) is 4.00. The van der Waals surface area contributed by atoms with Crippen molar-refractivity contribution in [2.45, 2.75) is 57.7 Å². The van der Waals surface area contributed by atoms with E-state index in [9.17, 15) is 26.4 Å². The van der Waals surface area contributed by atoms with Crippen LogP contribution in [0.1, 0.15) is 58.9 Å². The van der Waals surface area contributed by atoms with E-state index in [2.05, 4.69) is 0 Å². The highest BCUT2D eigenvalue weighted by molar-refractivity contribution is 7.91. The fraction of sp³-hybridized carbons (Fsp3) is 0.409. The molecule has 0 aliphatic rings. The number of hydrogen-bond acceptors (Lipinski definition) is 3. The molecule has 29 heavy (non-hydrogen) atoms. The van der Waals surface area contributed by atoms with Gasteiger partial charge in [0.1, 0.15) is 0 Å². The van der Waals surface area contributed by atoms with Gasteiger partial charge in [-0.05, 0) is 75.1 Å². The maximum absolute atomic E-state index is 12.7. The van der Waals surface area contributed by atoms with Gasteiger partial charge in [0.2, 0.25) is 0 Å². The Bertz CT molecular complexity index is 1010. The molecule has 0 aliphatic carbocycles. The van der Waals surface area contributed by atoms with Crippen molar-refractivity contribution in [3.05, 3.63) is 69.8 Å². The Labute approximate surface area is 169 Å². The third kappa shape index (κ3) is 5.47. The highest BCUT2D eigenvalue weighted by Gasteiger charge is 2.31. The number of benzene rings is 2. The summed E-state index contributed by atoms with van der Waals surface area (Å²) in [6.07, 6.45) is -4.45. The number of rotatable bonds is 5. The van der Waals surface area contributed by atoms with Crippen LogP contribution in [-0.4, -0.2) is 18.9 Å². The van der Waals surface area contributed by atoms with E-state index >= 15 is 0 Å². The molecule has 0 N–H and O–H groups in total. The molecule has 0 bridgehead atoms. The first-order valence-electron chi connectivity index (χ1n) is 9.13. The third-order valence-electron chi connectivity index (χ3n) is 4.91. The van der Waals surface area contributed by atoms with Crippen molar-refractivity contribution in [1.29, 1.82) is 0 Å². The van der Waals surface area contributed by atoms with Gasteiger partial charge < -0.3 is 0 Å². The monoisotopic (exact) mass is 426 g/mol. The summed E-state index contributed by atoms with van der Waals surface area (Å²) >= 11 is 0. The summed E-state index contributed by atoms with van der Waals surface area (Å²) < 4.78 is 62.1. The minimum atomic E-state index is -4.42. The van der Waals surface area contributed by atoms with Gasteiger partial charge in [0.15, 0.2) is 15.6 Å². The molecule has 0 atom stereocenters. The van der Waals surface area contributed by atoms with Crippen LogP contribution in [0, 0.1) is 13.8 Å². The minimum Gasteiger partial charge on any atom is -0.294 e. The molecule has 0 saturated carbocycles. The number of ketones is 1. The second-order valence-electron chi connectivity index (χ2n) is 8.26. The topological polar surface area (TPSA) is 51.2 Å². The standard InChI is InChI=1S/C22H25F3O3S/c1-14-11-19(15(2)10-17(14)13-29(27,28)21(3,4)5)20(26)12-16-6-8-18(9-7-16)22(23,24)25/h6-11H,12-13H2,1-5H3. The van der Waals surface area contributed by atoms with Crippen LogP contribution in [0.25, 0.3) is 0 Å². The minimum absolute atomic E-state index is 0.0297. The summed E-state index contributed by atoms with van der Waals surface area (Å²) in [5, 5.41) is 0. The molecule has 0 aromatic heterocycles. The number of carbonyl (C=O) groups is 1. The maximum atomic E-state index is 12.7. The Morgan fingerprint density at radius 2 is 1.48 bits per heavy atom. The van der Waals surface area contributed by atoms with Crippen LogP contribution in [0.15, 0.2) is 36.4 Å². The first kappa shape index (κ1) is 23.1. The lowest BCUT2D eigenvalue weighted by Crippen LogP contribution is -2.29. The van der Waals surface area contributed by atoms with Gasteiger partial charge in [0.05, 0.1) is 16.1 Å². The summed E-state index contributed by atoms with van der Waals surface area (Å²) in [5.74, 6) is -0.341. The average molecular weight is 427 g/mol. The van der Waals surface area contributed by atoms with Crippen molar-refractivity contribution in [2.75, 3.05) is 0 Å². The Kier molecular flexibility index (Phi) is 6.33. The first-order chi connectivity index (χ1) is 13.1. The van der Waals surface area contributed by atoms with Crippen LogP contribution in [0.5, 0.6) is 0 Å². The average Bonchev–Trinajstić information content (AvgIpc) is 2.56. The van der Waals surface area contributed by atoms with Crippen molar-refractivity contribution >= 4 is 15.6 Å². The zero-order valence-corrected chi connectivity index (χ0v) is 18.0. The van der Waals surface area contributed by atoms with Crippen molar-refractivity contribution in [1.82, 2.24) is 0 Å². The molecule has 3 nitrogen and oxygen atoms in total. The second kappa shape index (κ2) is 7.94. The number of carbonyl (C=O) groups excluding carboxylic acids is 1. The largest absolute Gasteiger partial charge is 0.416 e. The van der Waals surface area contributed by atoms with Gasteiger partial charge in [-0.3, -0.25) is 4.79 Å². The van der Waals surface area contributed by atoms with Crippen LogP contribution in [0.3, 0.4) is 0 Å². The lowest BCUT2D eigenvalue weighted by molar-refractivity contribution is -0.137. The van der Waals surface area contributed by atoms with Crippen LogP contribution in [0.4, 0.5) is 13.2 Å². The molecule has 0 radical (unpaired) electrons. The Morgan fingerprint density at radius 1 is 0.931 bits per heavy atom. The lowest BCUT2D eigenvalue weighted by atomic mass is 9.95. The molecular weight excluding hydrogens is 401 g/mol. The summed E-state index contributed by atoms with van der Waals surface area (Å²) in [7, 11) is -3.36. The second-order valence-corrected chi connectivity index (χ2v) is 11.0. The smallest absolute Gasteiger partial charge is 0.294 e. The number of aryl methyl sites for hydroxylation is 2. The van der Waals surface area contributed by atoms with Gasteiger partial charge in [-0.15, -0.1) is 0 Å². The molecule has 0 spiro atoms. The van der Waals surface area contributed by atoms with Crippen molar-refractivity contribution in [3.63, 3.8) is 0 Å². The zero-order chi connectivity index (χ0) is 22.2. The third-order valence-corrected chi connectivity index (χ3v) is 7.46. The number of alkyl halides is 3. The molecule has 0 heterocycles. The van der Waals surface area contributed by atoms with E-state index in [1.165, 1.54) is 12.1 Å². The number of halogens is 3. The summed E-state index contributed by atoms with van der Waals surface area (Å²) in [5.41, 5.74) is 2.15. The lowest BCUT2D eigenvalue weighted by Gasteiger charge is -2.20. The van der Waals surface area contributed by atoms with Crippen molar-refractivity contribution < 1.29 is 26.4 Å². The Morgan fingerprint density at radius 3 is 1.97 bits per heavy atom. The van der Waals surface area contributed by atoms with Gasteiger partial charge >= 0.3 is 6.18 Å². The summed E-state index contributed by atoms with van der Waals surface area (Å²) in [6, 6.07) is 7.89. The molecule has 2 aromatic carbocycles. The highest BCUT2D eigenvalue weighted by Crippen LogP contribution is 2.29. The Balaban J connectivity index is 2.25. The fourth-order valence-electron chi connectivity index (χ4n) is 2.85. The van der Waals surface area contributed by atoms with Crippen LogP contribution in [-0.2, 0) is 28.2 Å². The molecule has 2 aromatic rings. The van der Waals surface area contributed by atoms with Gasteiger partial charge in [-0.25, -0.2) is 8.42 Å². The molecular formula is C22H25F3O3S. The van der Waals surface area contributed by atoms with E-state index in [1.807, 2.05) is 0 Å². The Hall–Kier alpha value is -2.15. The van der Waals surface area contributed by atoms with Crippen molar-refractivity contribution in [3.8, 4) is 0 Å². The van der Waals surface area contributed by atoms with Gasteiger partial charge in [-0.2, -0.15) is 13.2 Å². The van der Waals surface area contributed by atoms with Gasteiger partial charge in [0, 0.05) is 12.0 Å². The molecule has 0 fully saturated rings. The maximum Gasteiger partial charge on any atom is 0.416 e. The van der Waals surface area contributed by atoms with E-state index in [0.29, 0.717) is 27.8 Å². The van der Waals surface area contributed by atoms with E-state index in [4.69, 9.17) is 0 Å². The van der Waals surface area contributed by atoms with E-state index in [-0.39, 0.29) is 18.0 Å². The predicted octanol–water partition coefficient (Wildman–Crippen LogP) is 5.46. The summed E-state index contributed by atoms with van der Waals surface area (Å²) in [4.78, 5) is 12.7. The molecule has 2 rings (SSSR count). The predicted molar refractivity (Wildman–Crippen MR) is 108 cm³/mol. The number of sulfone groups is 1. The normalized spacial score (nSPS) is 12.8. The van der Waals surface area contributed by atoms with Gasteiger partial charge in [-0.1, -0.05) is 18.2 Å². The van der Waals surface area contributed by atoms with E-state index in [1.54, 1.807) is 46.8 Å². The molecule has 0 aliphatic heterocycles. The molecule has 0 amide bonds. The zero-order valence-electron chi connectivity index (χ0n) is 17.1. The van der Waals surface area contributed by atoms with Crippen LogP contribution >= 0.6 is 0 Å². The van der Waals surface area contributed by atoms with E-state index in [0.717, 1.165) is 12.1 Å².